The topological polar surface area (TPSA) is 93.5 Å². The van der Waals surface area contributed by atoms with Gasteiger partial charge in [-0.1, -0.05) is 13.8 Å². The number of hydrogen-bond acceptors (Lipinski definition) is 5. The highest BCUT2D eigenvalue weighted by Crippen LogP contribution is 2.22. The maximum absolute atomic E-state index is 12.8. The summed E-state index contributed by atoms with van der Waals surface area (Å²) < 4.78 is 34.4. The van der Waals surface area contributed by atoms with E-state index in [0.29, 0.717) is 38.0 Å². The number of fused-ring (bicyclic) bond motifs is 1. The van der Waals surface area contributed by atoms with Gasteiger partial charge >= 0.3 is 0 Å². The van der Waals surface area contributed by atoms with Crippen LogP contribution in [-0.2, 0) is 33.0 Å². The normalized spacial score (nSPS) is 17.3. The SMILES string of the molecule is CCN(CC)S(=O)(=O)c1ccc2c(c1)nc(CCC(=O)NCC1CCCO1)n2C. The van der Waals surface area contributed by atoms with Crippen molar-refractivity contribution in [2.45, 2.75) is 50.5 Å². The Kier molecular flexibility index (Phi) is 6.92. The highest BCUT2D eigenvalue weighted by atomic mass is 32.2. The Morgan fingerprint density at radius 1 is 1.34 bits per heavy atom. The van der Waals surface area contributed by atoms with Gasteiger partial charge in [0.25, 0.3) is 0 Å². The minimum absolute atomic E-state index is 0.0302. The van der Waals surface area contributed by atoms with Gasteiger partial charge in [0.15, 0.2) is 0 Å². The summed E-state index contributed by atoms with van der Waals surface area (Å²) in [5.41, 5.74) is 1.47. The predicted octanol–water partition coefficient (Wildman–Crippen LogP) is 1.83. The monoisotopic (exact) mass is 422 g/mol. The van der Waals surface area contributed by atoms with Crippen LogP contribution >= 0.6 is 0 Å². The molecule has 0 aliphatic carbocycles. The van der Waals surface area contributed by atoms with Crippen LogP contribution in [0.5, 0.6) is 0 Å². The fourth-order valence-electron chi connectivity index (χ4n) is 3.67. The number of nitrogens with one attached hydrogen (secondary N) is 1. The second-order valence-electron chi connectivity index (χ2n) is 7.27. The predicted molar refractivity (Wildman–Crippen MR) is 111 cm³/mol. The van der Waals surface area contributed by atoms with E-state index in [1.165, 1.54) is 4.31 Å². The molecule has 1 saturated heterocycles. The van der Waals surface area contributed by atoms with Crippen molar-refractivity contribution in [3.63, 3.8) is 0 Å². The molecule has 1 amide bonds. The number of benzene rings is 1. The van der Waals surface area contributed by atoms with Crippen LogP contribution in [0.25, 0.3) is 11.0 Å². The van der Waals surface area contributed by atoms with Crippen molar-refractivity contribution in [1.29, 1.82) is 0 Å². The van der Waals surface area contributed by atoms with E-state index >= 15 is 0 Å². The Morgan fingerprint density at radius 3 is 2.76 bits per heavy atom. The first-order valence-corrected chi connectivity index (χ1v) is 11.6. The van der Waals surface area contributed by atoms with Gasteiger partial charge in [-0.3, -0.25) is 4.79 Å². The van der Waals surface area contributed by atoms with Crippen molar-refractivity contribution >= 4 is 27.0 Å². The Morgan fingerprint density at radius 2 is 2.10 bits per heavy atom. The van der Waals surface area contributed by atoms with Gasteiger partial charge in [0.05, 0.1) is 22.0 Å². The van der Waals surface area contributed by atoms with Crippen molar-refractivity contribution in [2.75, 3.05) is 26.2 Å². The number of aryl methyl sites for hydroxylation is 2. The zero-order chi connectivity index (χ0) is 21.0. The second kappa shape index (κ2) is 9.23. The molecule has 160 valence electrons. The summed E-state index contributed by atoms with van der Waals surface area (Å²) >= 11 is 0. The first kappa shape index (κ1) is 21.7. The van der Waals surface area contributed by atoms with E-state index in [2.05, 4.69) is 10.3 Å². The van der Waals surface area contributed by atoms with Gasteiger partial charge in [0.1, 0.15) is 5.82 Å². The van der Waals surface area contributed by atoms with E-state index in [-0.39, 0.29) is 16.9 Å². The molecule has 1 aromatic heterocycles. The quantitative estimate of drug-likeness (QED) is 0.665. The third-order valence-electron chi connectivity index (χ3n) is 5.41. The van der Waals surface area contributed by atoms with E-state index in [4.69, 9.17) is 4.74 Å². The minimum Gasteiger partial charge on any atom is -0.376 e. The first-order chi connectivity index (χ1) is 13.9. The zero-order valence-corrected chi connectivity index (χ0v) is 18.2. The standard InChI is InChI=1S/C20H30N4O4S/c1-4-24(5-2)29(26,27)16-8-9-18-17(13-16)22-19(23(18)3)10-11-20(25)21-14-15-7-6-12-28-15/h8-9,13,15H,4-7,10-12,14H2,1-3H3,(H,21,25). The number of nitrogens with zero attached hydrogens (tertiary/aromatic N) is 3. The summed E-state index contributed by atoms with van der Waals surface area (Å²) in [5.74, 6) is 0.724. The Hall–Kier alpha value is -1.97. The fraction of sp³-hybridized carbons (Fsp3) is 0.600. The summed E-state index contributed by atoms with van der Waals surface area (Å²) in [5, 5.41) is 2.92. The maximum atomic E-state index is 12.8. The van der Waals surface area contributed by atoms with Gasteiger partial charge in [-0.05, 0) is 31.0 Å². The summed E-state index contributed by atoms with van der Waals surface area (Å²) in [6, 6.07) is 5.01. The Bertz CT molecular complexity index is 960. The third-order valence-corrected chi connectivity index (χ3v) is 7.46. The van der Waals surface area contributed by atoms with E-state index in [0.717, 1.165) is 30.8 Å². The van der Waals surface area contributed by atoms with Gasteiger partial charge < -0.3 is 14.6 Å². The maximum Gasteiger partial charge on any atom is 0.243 e. The number of amides is 1. The van der Waals surface area contributed by atoms with Crippen molar-refractivity contribution in [1.82, 2.24) is 19.2 Å². The average molecular weight is 423 g/mol. The number of hydrogen-bond donors (Lipinski definition) is 1. The summed E-state index contributed by atoms with van der Waals surface area (Å²) in [4.78, 5) is 17.0. The molecule has 1 unspecified atom stereocenters. The van der Waals surface area contributed by atoms with Crippen LogP contribution < -0.4 is 5.32 Å². The number of rotatable bonds is 9. The molecule has 0 bridgehead atoms. The number of carbonyl (C=O) groups excluding carboxylic acids is 1. The van der Waals surface area contributed by atoms with Crippen LogP contribution in [0.1, 0.15) is 38.9 Å². The van der Waals surface area contributed by atoms with Crippen LogP contribution in [-0.4, -0.2) is 60.5 Å². The number of ether oxygens (including phenoxy) is 1. The fourth-order valence-corrected chi connectivity index (χ4v) is 5.15. The minimum atomic E-state index is -3.53. The van der Waals surface area contributed by atoms with Crippen molar-refractivity contribution in [3.8, 4) is 0 Å². The molecule has 29 heavy (non-hydrogen) atoms. The van der Waals surface area contributed by atoms with Crippen molar-refractivity contribution in [3.05, 3.63) is 24.0 Å². The average Bonchev–Trinajstić information content (AvgIpc) is 3.33. The van der Waals surface area contributed by atoms with Crippen LogP contribution in [0, 0.1) is 0 Å². The van der Waals surface area contributed by atoms with Crippen LogP contribution in [0.2, 0.25) is 0 Å². The number of carbonyl (C=O) groups is 1. The van der Waals surface area contributed by atoms with Gasteiger partial charge in [-0.2, -0.15) is 4.31 Å². The lowest BCUT2D eigenvalue weighted by Crippen LogP contribution is -2.32. The first-order valence-electron chi connectivity index (χ1n) is 10.2. The van der Waals surface area contributed by atoms with E-state index < -0.39 is 10.0 Å². The highest BCUT2D eigenvalue weighted by Gasteiger charge is 2.23. The molecular weight excluding hydrogens is 392 g/mol. The lowest BCUT2D eigenvalue weighted by molar-refractivity contribution is -0.121. The third kappa shape index (κ3) is 4.79. The van der Waals surface area contributed by atoms with E-state index in [9.17, 15) is 13.2 Å². The molecular formula is C20H30N4O4S. The number of imidazole rings is 1. The van der Waals surface area contributed by atoms with E-state index in [1.807, 2.05) is 25.5 Å². The van der Waals surface area contributed by atoms with Gasteiger partial charge in [-0.15, -0.1) is 0 Å². The molecule has 1 atom stereocenters. The molecule has 3 rings (SSSR count). The second-order valence-corrected chi connectivity index (χ2v) is 9.20. The Balaban J connectivity index is 1.69. The van der Waals surface area contributed by atoms with Crippen LogP contribution in [0.3, 0.4) is 0 Å². The molecule has 0 spiro atoms. The molecule has 1 aliphatic rings. The number of sulfonamides is 1. The molecule has 2 aromatic rings. The molecule has 0 saturated carbocycles. The molecule has 9 heteroatoms. The van der Waals surface area contributed by atoms with Gasteiger partial charge in [0.2, 0.25) is 15.9 Å². The molecule has 1 aromatic carbocycles. The van der Waals surface area contributed by atoms with Crippen molar-refractivity contribution < 1.29 is 17.9 Å². The van der Waals surface area contributed by atoms with Crippen molar-refractivity contribution in [2.24, 2.45) is 7.05 Å². The lowest BCUT2D eigenvalue weighted by atomic mass is 10.2. The molecule has 1 fully saturated rings. The smallest absolute Gasteiger partial charge is 0.243 e. The van der Waals surface area contributed by atoms with Gasteiger partial charge in [0, 0.05) is 46.1 Å². The van der Waals surface area contributed by atoms with Crippen LogP contribution in [0.15, 0.2) is 23.1 Å². The summed E-state index contributed by atoms with van der Waals surface area (Å²) in [6.45, 7) is 5.81. The van der Waals surface area contributed by atoms with Gasteiger partial charge in [-0.25, -0.2) is 13.4 Å². The number of aromatic nitrogens is 2. The summed E-state index contributed by atoms with van der Waals surface area (Å²) in [7, 11) is -1.65. The summed E-state index contributed by atoms with van der Waals surface area (Å²) in [6.07, 6.45) is 2.98. The molecule has 1 N–H and O–H groups in total. The largest absolute Gasteiger partial charge is 0.376 e. The molecule has 0 radical (unpaired) electrons. The van der Waals surface area contributed by atoms with Crippen LogP contribution in [0.4, 0.5) is 0 Å². The Labute approximate surface area is 172 Å². The highest BCUT2D eigenvalue weighted by molar-refractivity contribution is 7.89. The lowest BCUT2D eigenvalue weighted by Gasteiger charge is -2.18. The zero-order valence-electron chi connectivity index (χ0n) is 17.3. The molecule has 1 aliphatic heterocycles. The molecule has 8 nitrogen and oxygen atoms in total. The van der Waals surface area contributed by atoms with E-state index in [1.54, 1.807) is 18.2 Å². The molecule has 2 heterocycles.